The van der Waals surface area contributed by atoms with E-state index in [1.165, 1.54) is 12.1 Å². The van der Waals surface area contributed by atoms with Crippen molar-refractivity contribution in [2.24, 2.45) is 0 Å². The van der Waals surface area contributed by atoms with Crippen LogP contribution in [0.25, 0.3) is 0 Å². The second kappa shape index (κ2) is 5.01. The van der Waals surface area contributed by atoms with Crippen molar-refractivity contribution in [3.8, 4) is 0 Å². The lowest BCUT2D eigenvalue weighted by atomic mass is 9.85. The van der Waals surface area contributed by atoms with E-state index in [1.54, 1.807) is 36.4 Å². The molecule has 0 fully saturated rings. The molecule has 1 atom stereocenters. The molecule has 1 unspecified atom stereocenters. The first-order valence-electron chi connectivity index (χ1n) is 5.76. The minimum Gasteiger partial charge on any atom is -0.264 e. The summed E-state index contributed by atoms with van der Waals surface area (Å²) in [7, 11) is 0. The molecule has 2 rings (SSSR count). The molecule has 0 aromatic heterocycles. The van der Waals surface area contributed by atoms with Gasteiger partial charge in [-0.25, -0.2) is 0 Å². The van der Waals surface area contributed by atoms with Gasteiger partial charge >= 0.3 is 0 Å². The molecule has 1 aromatic carbocycles. The summed E-state index contributed by atoms with van der Waals surface area (Å²) in [5.74, 6) is 0. The van der Waals surface area contributed by atoms with Gasteiger partial charge in [-0.1, -0.05) is 30.4 Å². The largest absolute Gasteiger partial charge is 0.269 e. The van der Waals surface area contributed by atoms with Crippen LogP contribution in [0.4, 0.5) is 5.69 Å². The van der Waals surface area contributed by atoms with Crippen LogP contribution in [-0.4, -0.2) is 15.4 Å². The van der Waals surface area contributed by atoms with Crippen molar-refractivity contribution < 1.29 is 9.85 Å². The molecular weight excluding hydrogens is 248 g/mol. The maximum absolute atomic E-state index is 11.3. The van der Waals surface area contributed by atoms with Crippen LogP contribution in [0.2, 0.25) is 0 Å². The zero-order valence-corrected chi connectivity index (χ0v) is 10.1. The van der Waals surface area contributed by atoms with Gasteiger partial charge in [0.1, 0.15) is 0 Å². The highest BCUT2D eigenvalue weighted by molar-refractivity contribution is 5.36. The Hall–Kier alpha value is -2.50. The molecule has 0 heterocycles. The van der Waals surface area contributed by atoms with E-state index in [-0.39, 0.29) is 17.0 Å². The van der Waals surface area contributed by atoms with Crippen molar-refractivity contribution in [2.75, 3.05) is 0 Å². The first-order valence-corrected chi connectivity index (χ1v) is 5.76. The summed E-state index contributed by atoms with van der Waals surface area (Å²) in [6, 6.07) is 5.98. The molecule has 1 aromatic rings. The first-order chi connectivity index (χ1) is 9.03. The number of non-ortho nitro benzene ring substituents is 1. The molecule has 98 valence electrons. The lowest BCUT2D eigenvalue weighted by molar-refractivity contribution is -0.554. The number of benzene rings is 1. The zero-order valence-electron chi connectivity index (χ0n) is 10.1. The quantitative estimate of drug-likeness (QED) is 0.615. The van der Waals surface area contributed by atoms with Gasteiger partial charge in [-0.05, 0) is 11.6 Å². The summed E-state index contributed by atoms with van der Waals surface area (Å²) < 4.78 is 0. The Bertz CT molecular complexity index is 580. The van der Waals surface area contributed by atoms with Crippen molar-refractivity contribution in [3.63, 3.8) is 0 Å². The predicted molar refractivity (Wildman–Crippen MR) is 69.4 cm³/mol. The Labute approximate surface area is 109 Å². The van der Waals surface area contributed by atoms with Crippen LogP contribution >= 0.6 is 0 Å². The van der Waals surface area contributed by atoms with Crippen molar-refractivity contribution in [1.82, 2.24) is 0 Å². The van der Waals surface area contributed by atoms with Crippen LogP contribution in [0.3, 0.4) is 0 Å². The summed E-state index contributed by atoms with van der Waals surface area (Å²) in [5, 5.41) is 22.0. The third-order valence-corrected chi connectivity index (χ3v) is 3.12. The molecule has 0 saturated carbocycles. The number of hydrogen-bond acceptors (Lipinski definition) is 4. The molecule has 0 aliphatic heterocycles. The Kier molecular flexibility index (Phi) is 3.41. The van der Waals surface area contributed by atoms with E-state index < -0.39 is 10.5 Å². The smallest absolute Gasteiger partial charge is 0.264 e. The minimum absolute atomic E-state index is 0.0497. The maximum Gasteiger partial charge on any atom is 0.269 e. The number of allylic oxidation sites excluding steroid dienone is 2. The SMILES string of the molecule is O=[N+]([O-])c1cccc(CC2([N+](=O)[O-])C=CC=CC2)c1. The number of rotatable bonds is 4. The van der Waals surface area contributed by atoms with Crippen LogP contribution in [0.5, 0.6) is 0 Å². The molecule has 6 heteroatoms. The lowest BCUT2D eigenvalue weighted by Gasteiger charge is -2.22. The topological polar surface area (TPSA) is 86.3 Å². The Balaban J connectivity index is 2.30. The molecule has 0 spiro atoms. The van der Waals surface area contributed by atoms with Gasteiger partial charge in [0.2, 0.25) is 5.54 Å². The van der Waals surface area contributed by atoms with E-state index in [9.17, 15) is 20.2 Å². The molecule has 0 radical (unpaired) electrons. The fourth-order valence-electron chi connectivity index (χ4n) is 2.12. The molecule has 1 aliphatic rings. The van der Waals surface area contributed by atoms with Crippen molar-refractivity contribution in [1.29, 1.82) is 0 Å². The Morgan fingerprint density at radius 2 is 2.00 bits per heavy atom. The average Bonchev–Trinajstić information content (AvgIpc) is 2.40. The highest BCUT2D eigenvalue weighted by Crippen LogP contribution is 2.27. The van der Waals surface area contributed by atoms with Crippen LogP contribution in [0.1, 0.15) is 12.0 Å². The summed E-state index contributed by atoms with van der Waals surface area (Å²) in [5.41, 5.74) is -0.665. The van der Waals surface area contributed by atoms with Gasteiger partial charge < -0.3 is 0 Å². The van der Waals surface area contributed by atoms with Crippen LogP contribution in [0, 0.1) is 20.2 Å². The molecular formula is C13H12N2O4. The van der Waals surface area contributed by atoms with E-state index in [2.05, 4.69) is 0 Å². The van der Waals surface area contributed by atoms with Gasteiger partial charge in [0, 0.05) is 29.9 Å². The van der Waals surface area contributed by atoms with E-state index in [4.69, 9.17) is 0 Å². The molecule has 0 N–H and O–H groups in total. The van der Waals surface area contributed by atoms with Crippen LogP contribution < -0.4 is 0 Å². The first kappa shape index (κ1) is 12.9. The van der Waals surface area contributed by atoms with Crippen LogP contribution in [0.15, 0.2) is 48.6 Å². The van der Waals surface area contributed by atoms with Gasteiger partial charge in [-0.15, -0.1) is 0 Å². The molecule has 0 saturated heterocycles. The van der Waals surface area contributed by atoms with Gasteiger partial charge in [0.15, 0.2) is 0 Å². The standard InChI is InChI=1S/C13H12N2O4/c16-14(17)12-6-4-5-11(9-12)10-13(15(18)19)7-2-1-3-8-13/h1-7,9H,8,10H2. The van der Waals surface area contributed by atoms with Crippen LogP contribution in [-0.2, 0) is 6.42 Å². The van der Waals surface area contributed by atoms with Gasteiger partial charge in [0.25, 0.3) is 5.69 Å². The van der Waals surface area contributed by atoms with E-state index >= 15 is 0 Å². The van der Waals surface area contributed by atoms with Crippen molar-refractivity contribution in [3.05, 3.63) is 74.4 Å². The van der Waals surface area contributed by atoms with Gasteiger partial charge in [-0.2, -0.15) is 0 Å². The van der Waals surface area contributed by atoms with Crippen molar-refractivity contribution in [2.45, 2.75) is 18.4 Å². The number of nitro benzene ring substituents is 1. The molecule has 0 amide bonds. The Morgan fingerprint density at radius 1 is 1.21 bits per heavy atom. The fraction of sp³-hybridized carbons (Fsp3) is 0.231. The lowest BCUT2D eigenvalue weighted by Crippen LogP contribution is -2.38. The highest BCUT2D eigenvalue weighted by Gasteiger charge is 2.40. The monoisotopic (exact) mass is 260 g/mol. The molecule has 1 aliphatic carbocycles. The summed E-state index contributed by atoms with van der Waals surface area (Å²) in [6.07, 6.45) is 7.12. The number of hydrogen-bond donors (Lipinski definition) is 0. The van der Waals surface area contributed by atoms with Crippen molar-refractivity contribution >= 4 is 5.69 Å². The van der Waals surface area contributed by atoms with Gasteiger partial charge in [-0.3, -0.25) is 20.2 Å². The third-order valence-electron chi connectivity index (χ3n) is 3.12. The molecule has 19 heavy (non-hydrogen) atoms. The molecule has 0 bridgehead atoms. The summed E-state index contributed by atoms with van der Waals surface area (Å²) in [4.78, 5) is 21.2. The van der Waals surface area contributed by atoms with E-state index in [0.717, 1.165) is 0 Å². The van der Waals surface area contributed by atoms with Gasteiger partial charge in [0.05, 0.1) is 4.92 Å². The Morgan fingerprint density at radius 3 is 2.58 bits per heavy atom. The predicted octanol–water partition coefficient (Wildman–Crippen LogP) is 2.67. The average molecular weight is 260 g/mol. The fourth-order valence-corrected chi connectivity index (χ4v) is 2.12. The zero-order chi connectivity index (χ0) is 13.9. The second-order valence-corrected chi connectivity index (χ2v) is 4.46. The normalized spacial score (nSPS) is 21.3. The molecule has 6 nitrogen and oxygen atoms in total. The second-order valence-electron chi connectivity index (χ2n) is 4.46. The van der Waals surface area contributed by atoms with E-state index in [1.807, 2.05) is 0 Å². The van der Waals surface area contributed by atoms with E-state index in [0.29, 0.717) is 12.0 Å². The minimum atomic E-state index is -1.20. The number of nitrogens with zero attached hydrogens (tertiary/aromatic N) is 2. The maximum atomic E-state index is 11.3. The highest BCUT2D eigenvalue weighted by atomic mass is 16.6. The number of nitro groups is 2. The summed E-state index contributed by atoms with van der Waals surface area (Å²) >= 11 is 0. The summed E-state index contributed by atoms with van der Waals surface area (Å²) in [6.45, 7) is 0. The third kappa shape index (κ3) is 2.67.